The van der Waals surface area contributed by atoms with Crippen molar-refractivity contribution in [1.29, 1.82) is 0 Å². The van der Waals surface area contributed by atoms with Gasteiger partial charge in [-0.1, -0.05) is 29.8 Å². The number of urea groups is 1. The minimum absolute atomic E-state index is 0.185. The smallest absolute Gasteiger partial charge is 0.322 e. The van der Waals surface area contributed by atoms with Crippen LogP contribution in [-0.2, 0) is 6.54 Å². The Morgan fingerprint density at radius 2 is 1.88 bits per heavy atom. The molecule has 4 nitrogen and oxygen atoms in total. The van der Waals surface area contributed by atoms with Crippen molar-refractivity contribution in [2.24, 2.45) is 0 Å². The minimum Gasteiger partial charge on any atom is -0.348 e. The molecular formula is C21H20FN3O. The van der Waals surface area contributed by atoms with Gasteiger partial charge in [-0.2, -0.15) is 0 Å². The SMILES string of the molecule is Cc1ccc(NC(=O)N2CCn3cccc3C2c2cccc(F)c2)cc1. The third kappa shape index (κ3) is 3.08. The number of nitrogens with zero attached hydrogens (tertiary/aromatic N) is 2. The number of nitrogens with one attached hydrogen (secondary N) is 1. The van der Waals surface area contributed by atoms with E-state index in [2.05, 4.69) is 9.88 Å². The molecule has 1 N–H and O–H groups in total. The van der Waals surface area contributed by atoms with Crippen LogP contribution in [0.25, 0.3) is 0 Å². The second-order valence-corrected chi connectivity index (χ2v) is 6.57. The van der Waals surface area contributed by atoms with Crippen LogP contribution in [0.2, 0.25) is 0 Å². The highest BCUT2D eigenvalue weighted by atomic mass is 19.1. The van der Waals surface area contributed by atoms with E-state index in [1.54, 1.807) is 11.0 Å². The Balaban J connectivity index is 1.67. The number of aromatic nitrogens is 1. The first kappa shape index (κ1) is 16.4. The van der Waals surface area contributed by atoms with E-state index in [1.807, 2.05) is 55.6 Å². The van der Waals surface area contributed by atoms with Gasteiger partial charge in [-0.05, 0) is 48.9 Å². The molecule has 1 atom stereocenters. The Kier molecular flexibility index (Phi) is 4.21. The first-order valence-electron chi connectivity index (χ1n) is 8.66. The molecule has 2 amide bonds. The van der Waals surface area contributed by atoms with E-state index in [0.29, 0.717) is 6.54 Å². The molecule has 132 valence electrons. The molecule has 5 heteroatoms. The number of hydrogen-bond acceptors (Lipinski definition) is 1. The van der Waals surface area contributed by atoms with E-state index in [-0.39, 0.29) is 17.9 Å². The van der Waals surface area contributed by atoms with Crippen molar-refractivity contribution in [1.82, 2.24) is 9.47 Å². The van der Waals surface area contributed by atoms with Gasteiger partial charge in [0.1, 0.15) is 5.82 Å². The zero-order valence-corrected chi connectivity index (χ0v) is 14.5. The summed E-state index contributed by atoms with van der Waals surface area (Å²) in [7, 11) is 0. The highest BCUT2D eigenvalue weighted by molar-refractivity contribution is 5.90. The number of amides is 2. The monoisotopic (exact) mass is 349 g/mol. The van der Waals surface area contributed by atoms with Gasteiger partial charge in [0, 0.05) is 30.7 Å². The number of benzene rings is 2. The summed E-state index contributed by atoms with van der Waals surface area (Å²) in [4.78, 5) is 14.7. The fraction of sp³-hybridized carbons (Fsp3) is 0.190. The molecule has 0 spiro atoms. The van der Waals surface area contributed by atoms with Gasteiger partial charge in [0.15, 0.2) is 0 Å². The average Bonchev–Trinajstić information content (AvgIpc) is 3.11. The summed E-state index contributed by atoms with van der Waals surface area (Å²) < 4.78 is 15.9. The first-order valence-corrected chi connectivity index (χ1v) is 8.66. The molecule has 0 radical (unpaired) electrons. The number of anilines is 1. The largest absolute Gasteiger partial charge is 0.348 e. The second kappa shape index (κ2) is 6.67. The van der Waals surface area contributed by atoms with E-state index >= 15 is 0 Å². The van der Waals surface area contributed by atoms with Crippen LogP contribution in [0.4, 0.5) is 14.9 Å². The van der Waals surface area contributed by atoms with Gasteiger partial charge in [0.25, 0.3) is 0 Å². The topological polar surface area (TPSA) is 37.3 Å². The van der Waals surface area contributed by atoms with Gasteiger partial charge in [-0.25, -0.2) is 9.18 Å². The Labute approximate surface area is 151 Å². The summed E-state index contributed by atoms with van der Waals surface area (Å²) >= 11 is 0. The molecule has 0 saturated heterocycles. The summed E-state index contributed by atoms with van der Waals surface area (Å²) in [6.07, 6.45) is 2.00. The van der Waals surface area contributed by atoms with Crippen LogP contribution in [0.3, 0.4) is 0 Å². The molecule has 1 aromatic heterocycles. The Bertz CT molecular complexity index is 932. The maximum Gasteiger partial charge on any atom is 0.322 e. The zero-order valence-electron chi connectivity index (χ0n) is 14.5. The number of carbonyl (C=O) groups is 1. The number of hydrogen-bond donors (Lipinski definition) is 1. The normalized spacial score (nSPS) is 16.2. The molecule has 4 rings (SSSR count). The zero-order chi connectivity index (χ0) is 18.1. The van der Waals surface area contributed by atoms with Crippen molar-refractivity contribution in [3.05, 3.63) is 89.5 Å². The van der Waals surface area contributed by atoms with Gasteiger partial charge < -0.3 is 14.8 Å². The second-order valence-electron chi connectivity index (χ2n) is 6.57. The number of rotatable bonds is 2. The summed E-state index contributed by atoms with van der Waals surface area (Å²) in [5.41, 5.74) is 3.64. The molecule has 2 heterocycles. The lowest BCUT2D eigenvalue weighted by Gasteiger charge is -2.37. The highest BCUT2D eigenvalue weighted by Gasteiger charge is 2.32. The lowest BCUT2D eigenvalue weighted by molar-refractivity contribution is 0.181. The van der Waals surface area contributed by atoms with Gasteiger partial charge in [-0.3, -0.25) is 0 Å². The maximum absolute atomic E-state index is 13.8. The van der Waals surface area contributed by atoms with E-state index in [4.69, 9.17) is 0 Å². The summed E-state index contributed by atoms with van der Waals surface area (Å²) in [6, 6.07) is 17.6. The van der Waals surface area contributed by atoms with Crippen LogP contribution in [0.15, 0.2) is 66.9 Å². The standard InChI is InChI=1S/C21H20FN3O/c1-15-7-9-18(10-8-15)23-21(26)25-13-12-24-11-3-6-19(24)20(25)16-4-2-5-17(22)14-16/h2-11,14,20H,12-13H2,1H3,(H,23,26). The van der Waals surface area contributed by atoms with Gasteiger partial charge in [0.05, 0.1) is 6.04 Å². The number of carbonyl (C=O) groups excluding carboxylic acids is 1. The minimum atomic E-state index is -0.320. The third-order valence-corrected chi connectivity index (χ3v) is 4.77. The highest BCUT2D eigenvalue weighted by Crippen LogP contribution is 2.33. The Hall–Kier alpha value is -3.08. The molecule has 0 aliphatic carbocycles. The van der Waals surface area contributed by atoms with E-state index in [0.717, 1.165) is 29.1 Å². The number of halogens is 1. The molecule has 1 aliphatic heterocycles. The molecule has 1 aliphatic rings. The van der Waals surface area contributed by atoms with Crippen LogP contribution in [-0.4, -0.2) is 22.0 Å². The Morgan fingerprint density at radius 1 is 1.08 bits per heavy atom. The Morgan fingerprint density at radius 3 is 2.65 bits per heavy atom. The molecule has 3 aromatic rings. The van der Waals surface area contributed by atoms with Crippen molar-refractivity contribution >= 4 is 11.7 Å². The molecule has 1 unspecified atom stereocenters. The van der Waals surface area contributed by atoms with E-state index in [9.17, 15) is 9.18 Å². The molecular weight excluding hydrogens is 329 g/mol. The molecule has 2 aromatic carbocycles. The van der Waals surface area contributed by atoms with Crippen LogP contribution < -0.4 is 5.32 Å². The molecule has 0 saturated carbocycles. The fourth-order valence-electron chi connectivity index (χ4n) is 3.46. The van der Waals surface area contributed by atoms with Crippen LogP contribution in [0.5, 0.6) is 0 Å². The summed E-state index contributed by atoms with van der Waals surface area (Å²) in [6.45, 7) is 3.28. The third-order valence-electron chi connectivity index (χ3n) is 4.77. The van der Waals surface area contributed by atoms with Gasteiger partial charge in [0.2, 0.25) is 0 Å². The first-order chi connectivity index (χ1) is 12.6. The predicted octanol–water partition coefficient (Wildman–Crippen LogP) is 4.57. The summed E-state index contributed by atoms with van der Waals surface area (Å²) in [5, 5.41) is 2.96. The fourth-order valence-corrected chi connectivity index (χ4v) is 3.46. The molecule has 26 heavy (non-hydrogen) atoms. The molecule has 0 fully saturated rings. The lowest BCUT2D eigenvalue weighted by atomic mass is 10.00. The van der Waals surface area contributed by atoms with E-state index in [1.165, 1.54) is 12.1 Å². The van der Waals surface area contributed by atoms with E-state index < -0.39 is 0 Å². The maximum atomic E-state index is 13.8. The van der Waals surface area contributed by atoms with Gasteiger partial charge in [-0.15, -0.1) is 0 Å². The predicted molar refractivity (Wildman–Crippen MR) is 99.6 cm³/mol. The van der Waals surface area contributed by atoms with Crippen LogP contribution in [0.1, 0.15) is 22.9 Å². The van der Waals surface area contributed by atoms with Crippen molar-refractivity contribution in [3.8, 4) is 0 Å². The van der Waals surface area contributed by atoms with Crippen molar-refractivity contribution in [3.63, 3.8) is 0 Å². The quantitative estimate of drug-likeness (QED) is 0.723. The van der Waals surface area contributed by atoms with Crippen molar-refractivity contribution in [2.45, 2.75) is 19.5 Å². The number of fused-ring (bicyclic) bond motifs is 1. The lowest BCUT2D eigenvalue weighted by Crippen LogP contribution is -2.44. The van der Waals surface area contributed by atoms with Crippen molar-refractivity contribution < 1.29 is 9.18 Å². The summed E-state index contributed by atoms with van der Waals surface area (Å²) in [5.74, 6) is -0.301. The molecule has 0 bridgehead atoms. The van der Waals surface area contributed by atoms with Crippen LogP contribution in [0, 0.1) is 12.7 Å². The van der Waals surface area contributed by atoms with Crippen LogP contribution >= 0.6 is 0 Å². The average molecular weight is 349 g/mol. The van der Waals surface area contributed by atoms with Gasteiger partial charge >= 0.3 is 6.03 Å². The van der Waals surface area contributed by atoms with Crippen molar-refractivity contribution in [2.75, 3.05) is 11.9 Å². The number of aryl methyl sites for hydroxylation is 1.